The molecule has 2 heteroatoms. The number of aryl methyl sites for hydroxylation is 1. The Kier molecular flexibility index (Phi) is 4.49. The molecule has 18 heavy (non-hydrogen) atoms. The van der Waals surface area contributed by atoms with E-state index >= 15 is 0 Å². The van der Waals surface area contributed by atoms with Gasteiger partial charge in [-0.2, -0.15) is 0 Å². The third-order valence-electron chi connectivity index (χ3n) is 2.87. The SMILES string of the molecule is COc1cc(C)cc(P(C(C)(C)C)C(C)(C)C)c1. The zero-order valence-electron chi connectivity index (χ0n) is 13.1. The van der Waals surface area contributed by atoms with Crippen LogP contribution in [0, 0.1) is 6.92 Å². The summed E-state index contributed by atoms with van der Waals surface area (Å²) in [6.07, 6.45) is 0. The maximum Gasteiger partial charge on any atom is 0.119 e. The lowest BCUT2D eigenvalue weighted by Gasteiger charge is -2.42. The van der Waals surface area contributed by atoms with Crippen LogP contribution in [-0.4, -0.2) is 17.4 Å². The van der Waals surface area contributed by atoms with Gasteiger partial charge in [0.2, 0.25) is 0 Å². The van der Waals surface area contributed by atoms with Crippen LogP contribution in [0.15, 0.2) is 18.2 Å². The number of methoxy groups -OCH3 is 1. The van der Waals surface area contributed by atoms with Gasteiger partial charge < -0.3 is 4.74 Å². The van der Waals surface area contributed by atoms with Gasteiger partial charge in [0.15, 0.2) is 0 Å². The molecule has 0 aromatic heterocycles. The molecule has 0 atom stereocenters. The van der Waals surface area contributed by atoms with Crippen LogP contribution < -0.4 is 10.0 Å². The fourth-order valence-corrected chi connectivity index (χ4v) is 6.91. The van der Waals surface area contributed by atoms with Crippen LogP contribution in [0.5, 0.6) is 5.75 Å². The van der Waals surface area contributed by atoms with Gasteiger partial charge in [-0.3, -0.25) is 0 Å². The minimum absolute atomic E-state index is 0.256. The number of ether oxygens (including phenoxy) is 1. The third-order valence-corrected chi connectivity index (χ3v) is 6.33. The van der Waals surface area contributed by atoms with Crippen LogP contribution in [-0.2, 0) is 0 Å². The van der Waals surface area contributed by atoms with E-state index in [-0.39, 0.29) is 7.92 Å². The van der Waals surface area contributed by atoms with E-state index in [1.54, 1.807) is 7.11 Å². The number of hydrogen-bond acceptors (Lipinski definition) is 1. The van der Waals surface area contributed by atoms with Gasteiger partial charge in [0, 0.05) is 0 Å². The van der Waals surface area contributed by atoms with E-state index < -0.39 is 0 Å². The van der Waals surface area contributed by atoms with E-state index in [1.807, 2.05) is 0 Å². The van der Waals surface area contributed by atoms with Crippen molar-refractivity contribution < 1.29 is 4.74 Å². The standard InChI is InChI=1S/C16H27OP/c1-12-9-13(17-8)11-14(10-12)18(15(2,3)4)16(5,6)7/h9-11H,1-8H3. The quantitative estimate of drug-likeness (QED) is 0.704. The molecule has 0 aliphatic carbocycles. The average molecular weight is 266 g/mol. The van der Waals surface area contributed by atoms with Crippen LogP contribution in [0.2, 0.25) is 0 Å². The molecule has 0 fully saturated rings. The smallest absolute Gasteiger partial charge is 0.119 e. The number of hydrogen-bond donors (Lipinski definition) is 0. The molecule has 0 radical (unpaired) electrons. The van der Waals surface area contributed by atoms with Crippen LogP contribution >= 0.6 is 7.92 Å². The van der Waals surface area contributed by atoms with Crippen LogP contribution in [0.3, 0.4) is 0 Å². The van der Waals surface area contributed by atoms with Gasteiger partial charge in [-0.1, -0.05) is 55.5 Å². The summed E-state index contributed by atoms with van der Waals surface area (Å²) in [4.78, 5) is 0. The Morgan fingerprint density at radius 2 is 1.39 bits per heavy atom. The van der Waals surface area contributed by atoms with Gasteiger partial charge in [0.25, 0.3) is 0 Å². The fraction of sp³-hybridized carbons (Fsp3) is 0.625. The summed E-state index contributed by atoms with van der Waals surface area (Å²) < 4.78 is 5.42. The predicted molar refractivity (Wildman–Crippen MR) is 83.8 cm³/mol. The molecule has 0 aliphatic rings. The zero-order valence-corrected chi connectivity index (χ0v) is 14.0. The van der Waals surface area contributed by atoms with Crippen molar-refractivity contribution in [3.05, 3.63) is 23.8 Å². The Bertz CT molecular complexity index is 396. The minimum Gasteiger partial charge on any atom is -0.497 e. The largest absolute Gasteiger partial charge is 0.497 e. The molecule has 1 aromatic carbocycles. The molecule has 102 valence electrons. The van der Waals surface area contributed by atoms with Gasteiger partial charge in [-0.15, -0.1) is 0 Å². The van der Waals surface area contributed by atoms with E-state index in [1.165, 1.54) is 10.9 Å². The van der Waals surface area contributed by atoms with Gasteiger partial charge >= 0.3 is 0 Å². The highest BCUT2D eigenvalue weighted by Gasteiger charge is 2.35. The lowest BCUT2D eigenvalue weighted by molar-refractivity contribution is 0.415. The molecule has 0 aliphatic heterocycles. The first kappa shape index (κ1) is 15.5. The third kappa shape index (κ3) is 3.72. The summed E-state index contributed by atoms with van der Waals surface area (Å²) in [5.41, 5.74) is 1.28. The Hall–Kier alpha value is -0.550. The van der Waals surface area contributed by atoms with Crippen molar-refractivity contribution in [2.45, 2.75) is 58.8 Å². The van der Waals surface area contributed by atoms with Crippen molar-refractivity contribution in [2.75, 3.05) is 7.11 Å². The number of benzene rings is 1. The Balaban J connectivity index is 3.35. The van der Waals surface area contributed by atoms with E-state index in [2.05, 4.69) is 66.7 Å². The molecule has 0 saturated carbocycles. The molecule has 1 aromatic rings. The van der Waals surface area contributed by atoms with Gasteiger partial charge in [0.1, 0.15) is 5.75 Å². The molecule has 0 N–H and O–H groups in total. The highest BCUT2D eigenvalue weighted by molar-refractivity contribution is 7.68. The highest BCUT2D eigenvalue weighted by Crippen LogP contribution is 2.58. The van der Waals surface area contributed by atoms with Crippen molar-refractivity contribution in [1.82, 2.24) is 0 Å². The normalized spacial score (nSPS) is 12.9. The van der Waals surface area contributed by atoms with E-state index in [4.69, 9.17) is 4.74 Å². The predicted octanol–water partition coefficient (Wildman–Crippen LogP) is 4.71. The molecule has 0 amide bonds. The summed E-state index contributed by atoms with van der Waals surface area (Å²) in [5.74, 6) is 0.978. The summed E-state index contributed by atoms with van der Waals surface area (Å²) in [6.45, 7) is 16.2. The molecule has 0 unspecified atom stereocenters. The first-order valence-electron chi connectivity index (χ1n) is 6.52. The van der Waals surface area contributed by atoms with E-state index in [0.717, 1.165) is 5.75 Å². The van der Waals surface area contributed by atoms with Crippen molar-refractivity contribution in [3.63, 3.8) is 0 Å². The lowest BCUT2D eigenvalue weighted by Crippen LogP contribution is -2.31. The molecule has 0 bridgehead atoms. The molecule has 1 rings (SSSR count). The van der Waals surface area contributed by atoms with Crippen LogP contribution in [0.1, 0.15) is 47.1 Å². The average Bonchev–Trinajstić information content (AvgIpc) is 2.11. The van der Waals surface area contributed by atoms with Crippen molar-refractivity contribution in [3.8, 4) is 5.75 Å². The topological polar surface area (TPSA) is 9.23 Å². The second kappa shape index (κ2) is 5.21. The lowest BCUT2D eigenvalue weighted by atomic mass is 10.2. The molecular formula is C16H27OP. The van der Waals surface area contributed by atoms with Gasteiger partial charge in [0.05, 0.1) is 7.11 Å². The van der Waals surface area contributed by atoms with Crippen LogP contribution in [0.25, 0.3) is 0 Å². The maximum absolute atomic E-state index is 5.42. The van der Waals surface area contributed by atoms with Crippen molar-refractivity contribution >= 4 is 13.2 Å². The monoisotopic (exact) mass is 266 g/mol. The van der Waals surface area contributed by atoms with Gasteiger partial charge in [-0.25, -0.2) is 0 Å². The van der Waals surface area contributed by atoms with Crippen molar-refractivity contribution in [1.29, 1.82) is 0 Å². The number of rotatable bonds is 2. The highest BCUT2D eigenvalue weighted by atomic mass is 31.1. The summed E-state index contributed by atoms with van der Waals surface area (Å²) in [6, 6.07) is 6.64. The Morgan fingerprint density at radius 3 is 1.78 bits per heavy atom. The van der Waals surface area contributed by atoms with Gasteiger partial charge in [-0.05, 0) is 40.2 Å². The maximum atomic E-state index is 5.42. The second-order valence-electron chi connectivity index (χ2n) is 6.89. The summed E-state index contributed by atoms with van der Waals surface area (Å²) >= 11 is 0. The molecule has 0 saturated heterocycles. The second-order valence-corrected chi connectivity index (χ2v) is 10.8. The van der Waals surface area contributed by atoms with E-state index in [0.29, 0.717) is 10.3 Å². The van der Waals surface area contributed by atoms with E-state index in [9.17, 15) is 0 Å². The molecule has 0 spiro atoms. The minimum atomic E-state index is -0.256. The van der Waals surface area contributed by atoms with Crippen LogP contribution in [0.4, 0.5) is 0 Å². The fourth-order valence-electron chi connectivity index (χ4n) is 2.76. The molecule has 0 heterocycles. The Morgan fingerprint density at radius 1 is 0.889 bits per heavy atom. The zero-order chi connectivity index (χ0) is 14.1. The molecule has 1 nitrogen and oxygen atoms in total. The first-order valence-corrected chi connectivity index (χ1v) is 7.86. The Labute approximate surface area is 114 Å². The van der Waals surface area contributed by atoms with Crippen molar-refractivity contribution in [2.24, 2.45) is 0 Å². The summed E-state index contributed by atoms with van der Waals surface area (Å²) in [5, 5.41) is 2.04. The molecular weight excluding hydrogens is 239 g/mol. The summed E-state index contributed by atoms with van der Waals surface area (Å²) in [7, 11) is 1.49. The first-order chi connectivity index (χ1) is 8.05.